The Labute approximate surface area is 124 Å². The van der Waals surface area contributed by atoms with E-state index in [1.807, 2.05) is 6.07 Å². The van der Waals surface area contributed by atoms with Gasteiger partial charge in [-0.2, -0.15) is 0 Å². The summed E-state index contributed by atoms with van der Waals surface area (Å²) in [4.78, 5) is 12.8. The number of hydrogen-bond donors (Lipinski definition) is 0. The summed E-state index contributed by atoms with van der Waals surface area (Å²) >= 11 is 5.84. The Bertz CT molecular complexity index is 493. The summed E-state index contributed by atoms with van der Waals surface area (Å²) in [6, 6.07) is 5.66. The number of nitro groups is 1. The molecule has 20 heavy (non-hydrogen) atoms. The average molecular weight is 297 g/mol. The van der Waals surface area contributed by atoms with E-state index in [2.05, 4.69) is 18.9 Å². The summed E-state index contributed by atoms with van der Waals surface area (Å²) in [6.07, 6.45) is 5.02. The van der Waals surface area contributed by atoms with E-state index in [1.54, 1.807) is 12.1 Å². The maximum absolute atomic E-state index is 10.9. The number of hydrogen-bond acceptors (Lipinski definition) is 3. The second kappa shape index (κ2) is 6.55. The number of nitro benzene ring substituents is 1. The Morgan fingerprint density at radius 2 is 2.20 bits per heavy atom. The van der Waals surface area contributed by atoms with Gasteiger partial charge in [0.05, 0.1) is 4.92 Å². The van der Waals surface area contributed by atoms with Crippen molar-refractivity contribution >= 4 is 17.3 Å². The van der Waals surface area contributed by atoms with Gasteiger partial charge in [-0.05, 0) is 37.4 Å². The van der Waals surface area contributed by atoms with Gasteiger partial charge in [0.2, 0.25) is 0 Å². The molecule has 5 heteroatoms. The zero-order valence-corrected chi connectivity index (χ0v) is 12.8. The van der Waals surface area contributed by atoms with Crippen LogP contribution in [0.5, 0.6) is 0 Å². The van der Waals surface area contributed by atoms with E-state index in [-0.39, 0.29) is 10.7 Å². The van der Waals surface area contributed by atoms with Crippen molar-refractivity contribution in [2.75, 3.05) is 7.05 Å². The highest BCUT2D eigenvalue weighted by Gasteiger charge is 2.23. The smallest absolute Gasteiger partial charge is 0.288 e. The fourth-order valence-electron chi connectivity index (χ4n) is 3.02. The SMILES string of the molecule is CC1CCCC(N(C)Cc2ccc(Cl)c([N+](=O)[O-])c2)C1. The van der Waals surface area contributed by atoms with Crippen molar-refractivity contribution in [2.45, 2.75) is 45.2 Å². The van der Waals surface area contributed by atoms with E-state index >= 15 is 0 Å². The molecule has 0 radical (unpaired) electrons. The van der Waals surface area contributed by atoms with Crippen LogP contribution in [0.2, 0.25) is 5.02 Å². The molecule has 0 N–H and O–H groups in total. The summed E-state index contributed by atoms with van der Waals surface area (Å²) in [7, 11) is 2.10. The molecule has 1 saturated carbocycles. The zero-order valence-electron chi connectivity index (χ0n) is 12.0. The topological polar surface area (TPSA) is 46.4 Å². The molecule has 4 nitrogen and oxygen atoms in total. The number of nitrogens with zero attached hydrogens (tertiary/aromatic N) is 2. The lowest BCUT2D eigenvalue weighted by molar-refractivity contribution is -0.384. The van der Waals surface area contributed by atoms with E-state index in [0.717, 1.165) is 18.0 Å². The molecule has 2 unspecified atom stereocenters. The molecule has 1 aromatic carbocycles. The second-order valence-corrected chi connectivity index (χ2v) is 6.29. The number of rotatable bonds is 4. The molecule has 2 rings (SSSR count). The van der Waals surface area contributed by atoms with Crippen molar-refractivity contribution < 1.29 is 4.92 Å². The van der Waals surface area contributed by atoms with Gasteiger partial charge in [-0.25, -0.2) is 0 Å². The monoisotopic (exact) mass is 296 g/mol. The third kappa shape index (κ3) is 3.70. The van der Waals surface area contributed by atoms with Crippen LogP contribution in [0.1, 0.15) is 38.2 Å². The normalized spacial score (nSPS) is 23.0. The van der Waals surface area contributed by atoms with Crippen LogP contribution in [-0.4, -0.2) is 22.9 Å². The lowest BCUT2D eigenvalue weighted by atomic mass is 9.86. The van der Waals surface area contributed by atoms with E-state index in [9.17, 15) is 10.1 Å². The predicted octanol–water partition coefficient (Wildman–Crippen LogP) is 4.26. The Kier molecular flexibility index (Phi) is 5.00. The third-order valence-corrected chi connectivity index (χ3v) is 4.49. The van der Waals surface area contributed by atoms with Gasteiger partial charge in [0.1, 0.15) is 5.02 Å². The molecular weight excluding hydrogens is 276 g/mol. The minimum Gasteiger partial charge on any atom is -0.299 e. The highest BCUT2D eigenvalue weighted by atomic mass is 35.5. The third-order valence-electron chi connectivity index (χ3n) is 4.17. The fraction of sp³-hybridized carbons (Fsp3) is 0.600. The molecule has 1 aliphatic rings. The molecule has 0 saturated heterocycles. The van der Waals surface area contributed by atoms with E-state index in [4.69, 9.17) is 11.6 Å². The van der Waals surface area contributed by atoms with Crippen LogP contribution in [0.25, 0.3) is 0 Å². The van der Waals surface area contributed by atoms with Crippen LogP contribution < -0.4 is 0 Å². The van der Waals surface area contributed by atoms with Crippen molar-refractivity contribution in [2.24, 2.45) is 5.92 Å². The highest BCUT2D eigenvalue weighted by Crippen LogP contribution is 2.29. The van der Waals surface area contributed by atoms with Crippen molar-refractivity contribution in [3.8, 4) is 0 Å². The molecule has 0 heterocycles. The van der Waals surface area contributed by atoms with Crippen LogP contribution in [0, 0.1) is 16.0 Å². The molecule has 1 aliphatic carbocycles. The second-order valence-electron chi connectivity index (χ2n) is 5.88. The van der Waals surface area contributed by atoms with Crippen molar-refractivity contribution in [3.05, 3.63) is 38.9 Å². The van der Waals surface area contributed by atoms with E-state index in [0.29, 0.717) is 6.04 Å². The summed E-state index contributed by atoms with van der Waals surface area (Å²) in [5, 5.41) is 11.1. The molecule has 1 aromatic rings. The quantitative estimate of drug-likeness (QED) is 0.616. The molecule has 2 atom stereocenters. The van der Waals surface area contributed by atoms with Gasteiger partial charge >= 0.3 is 0 Å². The van der Waals surface area contributed by atoms with Gasteiger partial charge in [-0.15, -0.1) is 0 Å². The molecule has 110 valence electrons. The van der Waals surface area contributed by atoms with Gasteiger partial charge in [0.25, 0.3) is 5.69 Å². The van der Waals surface area contributed by atoms with Crippen molar-refractivity contribution in [1.82, 2.24) is 4.90 Å². The standard InChI is InChI=1S/C15H21ClN2O2/c1-11-4-3-5-13(8-11)17(2)10-12-6-7-14(16)15(9-12)18(19)20/h6-7,9,11,13H,3-5,8,10H2,1-2H3. The van der Waals surface area contributed by atoms with E-state index < -0.39 is 4.92 Å². The van der Waals surface area contributed by atoms with Gasteiger partial charge in [-0.3, -0.25) is 15.0 Å². The molecular formula is C15H21ClN2O2. The molecule has 0 aliphatic heterocycles. The van der Waals surface area contributed by atoms with Crippen LogP contribution in [0.4, 0.5) is 5.69 Å². The van der Waals surface area contributed by atoms with Crippen molar-refractivity contribution in [1.29, 1.82) is 0 Å². The van der Waals surface area contributed by atoms with Gasteiger partial charge in [0.15, 0.2) is 0 Å². The lowest BCUT2D eigenvalue weighted by Gasteiger charge is -2.34. The minimum atomic E-state index is -0.422. The summed E-state index contributed by atoms with van der Waals surface area (Å²) in [5.74, 6) is 0.774. The van der Waals surface area contributed by atoms with Gasteiger partial charge in [-0.1, -0.05) is 37.4 Å². The minimum absolute atomic E-state index is 0.00502. The maximum atomic E-state index is 10.9. The van der Waals surface area contributed by atoms with Gasteiger partial charge < -0.3 is 0 Å². The Morgan fingerprint density at radius 1 is 1.45 bits per heavy atom. The molecule has 0 aromatic heterocycles. The number of benzene rings is 1. The first kappa shape index (κ1) is 15.3. The average Bonchev–Trinajstić information content (AvgIpc) is 2.40. The molecule has 1 fully saturated rings. The summed E-state index contributed by atoms with van der Waals surface area (Å²) < 4.78 is 0. The van der Waals surface area contributed by atoms with Gasteiger partial charge in [0, 0.05) is 18.7 Å². The molecule has 0 spiro atoms. The predicted molar refractivity (Wildman–Crippen MR) is 81.0 cm³/mol. The first-order valence-corrected chi connectivity index (χ1v) is 7.48. The van der Waals surface area contributed by atoms with E-state index in [1.165, 1.54) is 25.7 Å². The zero-order chi connectivity index (χ0) is 14.7. The Hall–Kier alpha value is -1.13. The maximum Gasteiger partial charge on any atom is 0.288 e. The Balaban J connectivity index is 2.05. The van der Waals surface area contributed by atoms with Crippen LogP contribution in [0.3, 0.4) is 0 Å². The fourth-order valence-corrected chi connectivity index (χ4v) is 3.20. The summed E-state index contributed by atoms with van der Waals surface area (Å²) in [5.41, 5.74) is 0.941. The van der Waals surface area contributed by atoms with Crippen LogP contribution in [-0.2, 0) is 6.54 Å². The van der Waals surface area contributed by atoms with Crippen LogP contribution >= 0.6 is 11.6 Å². The van der Waals surface area contributed by atoms with Crippen LogP contribution in [0.15, 0.2) is 18.2 Å². The lowest BCUT2D eigenvalue weighted by Crippen LogP contribution is -2.35. The highest BCUT2D eigenvalue weighted by molar-refractivity contribution is 6.32. The van der Waals surface area contributed by atoms with Crippen molar-refractivity contribution in [3.63, 3.8) is 0 Å². The first-order valence-electron chi connectivity index (χ1n) is 7.10. The largest absolute Gasteiger partial charge is 0.299 e. The Morgan fingerprint density at radius 3 is 2.85 bits per heavy atom. The molecule has 0 bridgehead atoms. The number of halogens is 1. The summed E-state index contributed by atoms with van der Waals surface area (Å²) in [6.45, 7) is 3.03. The first-order chi connectivity index (χ1) is 9.47. The molecule has 0 amide bonds.